The van der Waals surface area contributed by atoms with Crippen molar-refractivity contribution in [1.82, 2.24) is 5.32 Å². The van der Waals surface area contributed by atoms with Gasteiger partial charge in [0.2, 0.25) is 5.91 Å². The molecule has 0 unspecified atom stereocenters. The first-order chi connectivity index (χ1) is 10.4. The lowest BCUT2D eigenvalue weighted by molar-refractivity contribution is -0.136. The summed E-state index contributed by atoms with van der Waals surface area (Å²) in [5.74, 6) is -0.302. The zero-order valence-electron chi connectivity index (χ0n) is 13.7. The molecule has 0 radical (unpaired) electrons. The number of rotatable bonds is 5. The Morgan fingerprint density at radius 2 is 1.96 bits per heavy atom. The highest BCUT2D eigenvalue weighted by Gasteiger charge is 2.39. The number of amides is 1. The second kappa shape index (κ2) is 8.08. The van der Waals surface area contributed by atoms with Crippen molar-refractivity contribution in [1.29, 1.82) is 0 Å². The molecule has 23 heavy (non-hydrogen) atoms. The van der Waals surface area contributed by atoms with Crippen LogP contribution >= 0.6 is 12.4 Å². The predicted octanol–water partition coefficient (Wildman–Crippen LogP) is 2.40. The number of benzene rings is 1. The Balaban J connectivity index is 0.00000264. The van der Waals surface area contributed by atoms with Crippen LogP contribution in [-0.2, 0) is 14.9 Å². The number of nitrogens with two attached hydrogens (primary N) is 1. The summed E-state index contributed by atoms with van der Waals surface area (Å²) in [6, 6.07) is 6.67. The van der Waals surface area contributed by atoms with Crippen molar-refractivity contribution in [2.45, 2.75) is 32.1 Å². The number of carbonyl (C=O) groups is 1. The third-order valence-electron chi connectivity index (χ3n) is 4.62. The molecule has 2 rings (SSSR count). The second-order valence-electron chi connectivity index (χ2n) is 6.64. The van der Waals surface area contributed by atoms with E-state index in [1.807, 2.05) is 19.9 Å². The van der Waals surface area contributed by atoms with E-state index in [1.165, 1.54) is 6.07 Å². The average molecular weight is 345 g/mol. The highest BCUT2D eigenvalue weighted by atomic mass is 35.5. The van der Waals surface area contributed by atoms with E-state index in [1.54, 1.807) is 12.1 Å². The molecule has 4 nitrogen and oxygen atoms in total. The van der Waals surface area contributed by atoms with E-state index < -0.39 is 10.8 Å². The van der Waals surface area contributed by atoms with Crippen LogP contribution in [0.2, 0.25) is 0 Å². The van der Waals surface area contributed by atoms with Crippen molar-refractivity contribution in [2.24, 2.45) is 11.1 Å². The predicted molar refractivity (Wildman–Crippen MR) is 91.2 cm³/mol. The standard InChI is InChI=1S/C17H25FN2O2.ClH/c1-16(2,13-5-3-4-6-14(13)18)12-20-15(21)17(11-19)7-9-22-10-8-17;/h3-6H,7-12,19H2,1-2H3,(H,20,21);1H. The molecule has 0 atom stereocenters. The van der Waals surface area contributed by atoms with Crippen LogP contribution in [0.3, 0.4) is 0 Å². The summed E-state index contributed by atoms with van der Waals surface area (Å²) in [6.45, 7) is 5.63. The van der Waals surface area contributed by atoms with E-state index >= 15 is 0 Å². The second-order valence-corrected chi connectivity index (χ2v) is 6.64. The van der Waals surface area contributed by atoms with Gasteiger partial charge in [-0.2, -0.15) is 0 Å². The maximum atomic E-state index is 14.0. The molecule has 0 aliphatic carbocycles. The number of hydrogen-bond acceptors (Lipinski definition) is 3. The van der Waals surface area contributed by atoms with Crippen molar-refractivity contribution >= 4 is 18.3 Å². The van der Waals surface area contributed by atoms with Crippen LogP contribution in [0.4, 0.5) is 4.39 Å². The molecule has 3 N–H and O–H groups in total. The summed E-state index contributed by atoms with van der Waals surface area (Å²) in [4.78, 5) is 12.6. The fourth-order valence-electron chi connectivity index (χ4n) is 2.88. The largest absolute Gasteiger partial charge is 0.381 e. The van der Waals surface area contributed by atoms with Crippen molar-refractivity contribution in [2.75, 3.05) is 26.3 Å². The first-order valence-corrected chi connectivity index (χ1v) is 7.72. The van der Waals surface area contributed by atoms with Crippen LogP contribution in [0.15, 0.2) is 24.3 Å². The summed E-state index contributed by atoms with van der Waals surface area (Å²) in [7, 11) is 0. The zero-order valence-corrected chi connectivity index (χ0v) is 14.5. The highest BCUT2D eigenvalue weighted by Crippen LogP contribution is 2.30. The minimum atomic E-state index is -0.552. The Morgan fingerprint density at radius 3 is 2.52 bits per heavy atom. The molecular weight excluding hydrogens is 319 g/mol. The number of ether oxygens (including phenoxy) is 1. The van der Waals surface area contributed by atoms with E-state index in [4.69, 9.17) is 10.5 Å². The molecule has 1 saturated heterocycles. The number of hydrogen-bond donors (Lipinski definition) is 2. The van der Waals surface area contributed by atoms with Gasteiger partial charge in [0.15, 0.2) is 0 Å². The van der Waals surface area contributed by atoms with Gasteiger partial charge in [-0.15, -0.1) is 12.4 Å². The quantitative estimate of drug-likeness (QED) is 0.862. The summed E-state index contributed by atoms with van der Waals surface area (Å²) in [5.41, 5.74) is 5.40. The third-order valence-corrected chi connectivity index (χ3v) is 4.62. The molecule has 0 spiro atoms. The number of halogens is 2. The topological polar surface area (TPSA) is 64.4 Å². The molecule has 0 bridgehead atoms. The lowest BCUT2D eigenvalue weighted by Gasteiger charge is -2.36. The van der Waals surface area contributed by atoms with Gasteiger partial charge in [0.25, 0.3) is 0 Å². The molecule has 6 heteroatoms. The van der Waals surface area contributed by atoms with Crippen LogP contribution in [-0.4, -0.2) is 32.2 Å². The normalized spacial score (nSPS) is 17.2. The molecule has 1 aromatic rings. The van der Waals surface area contributed by atoms with Crippen LogP contribution in [0.25, 0.3) is 0 Å². The van der Waals surface area contributed by atoms with Crippen molar-refractivity contribution < 1.29 is 13.9 Å². The third kappa shape index (κ3) is 4.43. The molecule has 1 aliphatic rings. The van der Waals surface area contributed by atoms with Gasteiger partial charge < -0.3 is 15.8 Å². The first-order valence-electron chi connectivity index (χ1n) is 7.72. The molecular formula is C17H26ClFN2O2. The van der Waals surface area contributed by atoms with Gasteiger partial charge in [-0.1, -0.05) is 32.0 Å². The molecule has 0 aromatic heterocycles. The Kier molecular flexibility index (Phi) is 6.99. The van der Waals surface area contributed by atoms with Crippen molar-refractivity contribution in [3.8, 4) is 0 Å². The fraction of sp³-hybridized carbons (Fsp3) is 0.588. The van der Waals surface area contributed by atoms with Crippen LogP contribution in [0.5, 0.6) is 0 Å². The number of carbonyl (C=O) groups excluding carboxylic acids is 1. The summed E-state index contributed by atoms with van der Waals surface area (Å²) in [5, 5.41) is 2.97. The van der Waals surface area contributed by atoms with Gasteiger partial charge in [-0.25, -0.2) is 4.39 Å². The average Bonchev–Trinajstić information content (AvgIpc) is 2.53. The number of nitrogens with one attached hydrogen (secondary N) is 1. The van der Waals surface area contributed by atoms with Gasteiger partial charge in [0, 0.05) is 31.7 Å². The Labute approximate surface area is 143 Å². The maximum Gasteiger partial charge on any atom is 0.227 e. The Hall–Kier alpha value is -1.17. The van der Waals surface area contributed by atoms with E-state index in [9.17, 15) is 9.18 Å². The van der Waals surface area contributed by atoms with Gasteiger partial charge in [0.1, 0.15) is 5.82 Å². The van der Waals surface area contributed by atoms with E-state index in [2.05, 4.69) is 5.32 Å². The molecule has 1 heterocycles. The van der Waals surface area contributed by atoms with E-state index in [0.717, 1.165) is 0 Å². The molecule has 1 aromatic carbocycles. The Morgan fingerprint density at radius 1 is 1.35 bits per heavy atom. The van der Waals surface area contributed by atoms with Gasteiger partial charge in [-0.3, -0.25) is 4.79 Å². The monoisotopic (exact) mass is 344 g/mol. The molecule has 1 amide bonds. The SMILES string of the molecule is CC(C)(CNC(=O)C1(CN)CCOCC1)c1ccccc1F.Cl. The molecule has 130 valence electrons. The molecule has 0 saturated carbocycles. The highest BCUT2D eigenvalue weighted by molar-refractivity contribution is 5.85. The van der Waals surface area contributed by atoms with E-state index in [0.29, 0.717) is 44.7 Å². The Bertz CT molecular complexity index is 531. The zero-order chi connectivity index (χ0) is 16.2. The lowest BCUT2D eigenvalue weighted by Crippen LogP contribution is -2.51. The maximum absolute atomic E-state index is 14.0. The van der Waals surface area contributed by atoms with Gasteiger partial charge >= 0.3 is 0 Å². The van der Waals surface area contributed by atoms with Crippen molar-refractivity contribution in [3.05, 3.63) is 35.6 Å². The molecule has 1 fully saturated rings. The summed E-state index contributed by atoms with van der Waals surface area (Å²) in [6.07, 6.45) is 1.27. The minimum absolute atomic E-state index is 0. The van der Waals surface area contributed by atoms with E-state index in [-0.39, 0.29) is 24.1 Å². The summed E-state index contributed by atoms with van der Waals surface area (Å²) < 4.78 is 19.3. The molecule has 1 aliphatic heterocycles. The lowest BCUT2D eigenvalue weighted by atomic mass is 9.78. The van der Waals surface area contributed by atoms with Crippen molar-refractivity contribution in [3.63, 3.8) is 0 Å². The van der Waals surface area contributed by atoms with Gasteiger partial charge in [-0.05, 0) is 24.5 Å². The minimum Gasteiger partial charge on any atom is -0.381 e. The van der Waals surface area contributed by atoms with Gasteiger partial charge in [0.05, 0.1) is 5.41 Å². The van der Waals surface area contributed by atoms with Crippen LogP contribution < -0.4 is 11.1 Å². The van der Waals surface area contributed by atoms with Crippen LogP contribution in [0, 0.1) is 11.2 Å². The summed E-state index contributed by atoms with van der Waals surface area (Å²) >= 11 is 0. The smallest absolute Gasteiger partial charge is 0.227 e. The van der Waals surface area contributed by atoms with Crippen LogP contribution in [0.1, 0.15) is 32.3 Å². The first kappa shape index (κ1) is 19.9. The fourth-order valence-corrected chi connectivity index (χ4v) is 2.88.